The van der Waals surface area contributed by atoms with Crippen LogP contribution in [0.3, 0.4) is 0 Å². The van der Waals surface area contributed by atoms with E-state index in [9.17, 15) is 28.8 Å². The fourth-order valence-electron chi connectivity index (χ4n) is 3.26. The van der Waals surface area contributed by atoms with E-state index in [1.54, 1.807) is 26.0 Å². The Morgan fingerprint density at radius 2 is 0.929 bits per heavy atom. The molecule has 1 heterocycles. The van der Waals surface area contributed by atoms with Crippen molar-refractivity contribution in [1.29, 1.82) is 0 Å². The van der Waals surface area contributed by atoms with Crippen molar-refractivity contribution in [3.05, 3.63) is 70.1 Å². The van der Waals surface area contributed by atoms with Crippen LogP contribution < -0.4 is 32.6 Å². The number of Topliss-reactive ketones (excluding diaryl/α,β-unsaturated/α-hetero) is 2. The molecule has 0 aromatic carbocycles. The molecule has 18 heteroatoms. The van der Waals surface area contributed by atoms with Crippen LogP contribution >= 0.6 is 20.4 Å². The zero-order valence-electron chi connectivity index (χ0n) is 21.8. The molecule has 3 aliphatic rings. The molecule has 0 fully saturated rings. The zero-order valence-corrected chi connectivity index (χ0v) is 25.3. The number of nitrogens with zero attached hydrogens (tertiary/aromatic N) is 2. The van der Waals surface area contributed by atoms with Gasteiger partial charge in [-0.25, -0.2) is 10.9 Å². The summed E-state index contributed by atoms with van der Waals surface area (Å²) in [6, 6.07) is 0. The number of carbonyl (C=O) groups excluding carboxylic acids is 6. The third-order valence-electron chi connectivity index (χ3n) is 4.89. The van der Waals surface area contributed by atoms with Crippen LogP contribution in [-0.2, 0) is 57.9 Å². The molecule has 0 atom stereocenters. The molecule has 4 amide bonds. The summed E-state index contributed by atoms with van der Waals surface area (Å²) in [5.74, 6) is -3.81. The fourth-order valence-corrected chi connectivity index (χ4v) is 3.26. The number of rotatable bonds is 0. The van der Waals surface area contributed by atoms with Gasteiger partial charge < -0.3 is 10.9 Å². The van der Waals surface area contributed by atoms with Crippen molar-refractivity contribution in [2.24, 2.45) is 10.2 Å². The van der Waals surface area contributed by atoms with E-state index < -0.39 is 48.0 Å². The monoisotopic (exact) mass is 706 g/mol. The first kappa shape index (κ1) is 36.2. The van der Waals surface area contributed by atoms with Crippen LogP contribution in [0.2, 0.25) is 0 Å². The molecule has 0 aromatic rings. The van der Waals surface area contributed by atoms with Crippen LogP contribution in [0.25, 0.3) is 0 Å². The van der Waals surface area contributed by atoms with E-state index in [2.05, 4.69) is 92.3 Å². The predicted octanol–water partition coefficient (Wildman–Crippen LogP) is 0.278. The number of fused-ring (bicyclic) bond motifs is 4. The molecule has 6 N–H and O–H groups in total. The molecule has 2 aliphatic carbocycles. The van der Waals surface area contributed by atoms with Gasteiger partial charge in [-0.3, -0.25) is 39.6 Å². The van der Waals surface area contributed by atoms with Gasteiger partial charge >= 0.3 is 49.5 Å². The molecule has 0 saturated heterocycles. The first-order valence-electron chi connectivity index (χ1n) is 11.4. The molecule has 42 heavy (non-hydrogen) atoms. The Kier molecular flexibility index (Phi) is 16.6. The normalized spacial score (nSPS) is 19.8. The molecule has 0 aromatic heterocycles. The summed E-state index contributed by atoms with van der Waals surface area (Å²) in [5, 5.41) is 7.42. The number of hydrogen-bond donors (Lipinski definition) is 6. The van der Waals surface area contributed by atoms with Gasteiger partial charge in [-0.05, 0) is 49.3 Å². The van der Waals surface area contributed by atoms with Gasteiger partial charge in [0.2, 0.25) is 23.6 Å². The van der Waals surface area contributed by atoms with Crippen molar-refractivity contribution < 1.29 is 57.9 Å². The van der Waals surface area contributed by atoms with Crippen LogP contribution in [0.1, 0.15) is 26.7 Å². The number of ketones is 2. The molecular weight excluding hydrogens is 685 g/mol. The maximum absolute atomic E-state index is 12.6. The second-order valence-corrected chi connectivity index (χ2v) is 8.16. The average molecular weight is 709 g/mol. The molecule has 0 spiro atoms. The molecule has 1 aliphatic heterocycles. The third-order valence-corrected chi connectivity index (χ3v) is 4.89. The third kappa shape index (κ3) is 12.4. The molecule has 3 rings (SSSR count). The van der Waals surface area contributed by atoms with Crippen molar-refractivity contribution >= 4 is 68.0 Å². The van der Waals surface area contributed by atoms with E-state index >= 15 is 0 Å². The summed E-state index contributed by atoms with van der Waals surface area (Å²) in [6.45, 7) is 3.46. The number of allylic oxidation sites excluding steroid dienone is 10. The fraction of sp³-hybridized carbons (Fsp3) is 0.167. The van der Waals surface area contributed by atoms with Gasteiger partial charge in [-0.1, -0.05) is 0 Å². The molecule has 4 bridgehead atoms. The molecule has 0 saturated carbocycles. The summed E-state index contributed by atoms with van der Waals surface area (Å²) >= 11 is 6.69. The van der Waals surface area contributed by atoms with Crippen LogP contribution in [0.4, 0.5) is 0 Å². The first-order valence-corrected chi connectivity index (χ1v) is 14.1. The second-order valence-electron chi connectivity index (χ2n) is 8.16. The van der Waals surface area contributed by atoms with E-state index in [1.165, 1.54) is 24.6 Å². The van der Waals surface area contributed by atoms with Gasteiger partial charge in [-0.2, -0.15) is 10.2 Å². The summed E-state index contributed by atoms with van der Waals surface area (Å²) in [4.78, 5) is 73.4. The van der Waals surface area contributed by atoms with Crippen molar-refractivity contribution in [1.82, 2.24) is 32.6 Å². The van der Waals surface area contributed by atoms with Crippen LogP contribution in [0.15, 0.2) is 80.3 Å². The first-order chi connectivity index (χ1) is 20.1. The molecule has 14 nitrogen and oxygen atoms in total. The van der Waals surface area contributed by atoms with Gasteiger partial charge in [0.1, 0.15) is 12.8 Å². The van der Waals surface area contributed by atoms with Crippen LogP contribution in [-0.4, -0.2) is 47.6 Å². The van der Waals surface area contributed by atoms with Crippen molar-refractivity contribution in [2.45, 2.75) is 26.7 Å². The van der Waals surface area contributed by atoms with Crippen LogP contribution in [0.5, 0.6) is 0 Å². The molecule has 0 unspecified atom stereocenters. The number of nitrogens with one attached hydrogen (secondary N) is 6. The Morgan fingerprint density at radius 1 is 0.571 bits per heavy atom. The number of hydrazine groups is 2. The number of amides is 4. The van der Waals surface area contributed by atoms with Crippen molar-refractivity contribution in [3.8, 4) is 0 Å². The Balaban J connectivity index is 0.00000211. The van der Waals surface area contributed by atoms with Gasteiger partial charge in [0.15, 0.2) is 11.6 Å². The van der Waals surface area contributed by atoms with Gasteiger partial charge in [0.05, 0.1) is 12.4 Å². The Labute approximate surface area is 264 Å². The van der Waals surface area contributed by atoms with Crippen molar-refractivity contribution in [3.63, 3.8) is 0 Å². The average Bonchev–Trinajstić information content (AvgIpc) is 2.95. The number of carbonyl (C=O) groups is 6. The van der Waals surface area contributed by atoms with Crippen LogP contribution in [0, 0.1) is 0 Å². The topological polar surface area (TPSA) is 199 Å². The zero-order chi connectivity index (χ0) is 31.7. The SMILES string of the molecule is CC1=CC2=CNNC(=O)CC(=O)NNC=C3C=C(C)C=C(/C=N/NC(=O)CC(=O)N/N=C\C(=C1)C2=O)C3=O.[Cl][Ni].[Cl][Ni]. The van der Waals surface area contributed by atoms with E-state index in [-0.39, 0.29) is 22.3 Å². The quantitative estimate of drug-likeness (QED) is 0.152. The van der Waals surface area contributed by atoms with E-state index in [0.717, 1.165) is 12.4 Å². The maximum atomic E-state index is 12.6. The Hall–Kier alpha value is -3.83. The van der Waals surface area contributed by atoms with E-state index in [0.29, 0.717) is 11.1 Å². The van der Waals surface area contributed by atoms with Crippen molar-refractivity contribution in [2.75, 3.05) is 0 Å². The minimum absolute atomic E-state index is 0.140. The summed E-state index contributed by atoms with van der Waals surface area (Å²) in [6.07, 6.45) is 9.73. The number of hydrogen-bond acceptors (Lipinski definition) is 10. The minimum atomic E-state index is -0.759. The van der Waals surface area contributed by atoms with Gasteiger partial charge in [-0.15, -0.1) is 0 Å². The Bertz CT molecular complexity index is 1270. The molecule has 230 valence electrons. The summed E-state index contributed by atoms with van der Waals surface area (Å²) < 4.78 is 0. The Morgan fingerprint density at radius 3 is 1.31 bits per heavy atom. The molecular formula is C24H24Cl2N8Ni2O6. The molecule has 0 radical (unpaired) electrons. The van der Waals surface area contributed by atoms with E-state index in [1.807, 2.05) is 0 Å². The van der Waals surface area contributed by atoms with Gasteiger partial charge in [0, 0.05) is 34.7 Å². The second kappa shape index (κ2) is 19.3. The van der Waals surface area contributed by atoms with Gasteiger partial charge in [0.25, 0.3) is 0 Å². The summed E-state index contributed by atoms with van der Waals surface area (Å²) in [7, 11) is 8.53. The predicted molar refractivity (Wildman–Crippen MR) is 147 cm³/mol. The van der Waals surface area contributed by atoms with E-state index in [4.69, 9.17) is 0 Å². The standard InChI is InChI=1S/C24H24N8O6.2ClH.2Ni/c1-13-3-15-9-25-29-19(33)7-21(35)31-27-11-17-5-14(2)6-18(24(17)38)12-28-32-22(36)8-20(34)30-26-10-16(4-13)23(15)37;;;;/h3-6,9-12,25,27H,7-8H2,1-2H3,(H,29,33)(H,30,34)(H,31,35)(H,32,36);2*1H;;/q;;;2*+1/p-2/b15-9?,17-11?,26-10-,28-12+;;;;. The summed E-state index contributed by atoms with van der Waals surface area (Å²) in [5.41, 5.74) is 15.8. The number of hydrazone groups is 2. The number of halogens is 2.